The van der Waals surface area contributed by atoms with Crippen LogP contribution in [0.2, 0.25) is 0 Å². The highest BCUT2D eigenvalue weighted by molar-refractivity contribution is 5.35. The predicted octanol–water partition coefficient (Wildman–Crippen LogP) is 6.22. The van der Waals surface area contributed by atoms with Gasteiger partial charge in [0, 0.05) is 17.5 Å². The zero-order valence-corrected chi connectivity index (χ0v) is 16.6. The summed E-state index contributed by atoms with van der Waals surface area (Å²) in [7, 11) is 0. The summed E-state index contributed by atoms with van der Waals surface area (Å²) in [5.41, 5.74) is 4.46. The van der Waals surface area contributed by atoms with Gasteiger partial charge in [0.05, 0.1) is 6.04 Å². The molecule has 4 rings (SSSR count). The van der Waals surface area contributed by atoms with Crippen LogP contribution in [0.3, 0.4) is 0 Å². The van der Waals surface area contributed by atoms with Crippen LogP contribution in [0.1, 0.15) is 49.9 Å². The van der Waals surface area contributed by atoms with E-state index in [2.05, 4.69) is 117 Å². The summed E-state index contributed by atoms with van der Waals surface area (Å²) in [6, 6.07) is 33.2. The summed E-state index contributed by atoms with van der Waals surface area (Å²) < 4.78 is 0. The molecule has 1 nitrogen and oxygen atoms in total. The van der Waals surface area contributed by atoms with Gasteiger partial charge in [0.1, 0.15) is 0 Å². The SMILES string of the molecule is CC1(C)C[C@@](C)(c2ccccc2)CN1C(c1ccccc1)c1ccccc1. The van der Waals surface area contributed by atoms with Crippen molar-refractivity contribution >= 4 is 0 Å². The van der Waals surface area contributed by atoms with Crippen LogP contribution in [-0.2, 0) is 5.41 Å². The van der Waals surface area contributed by atoms with E-state index in [9.17, 15) is 0 Å². The van der Waals surface area contributed by atoms with Crippen LogP contribution < -0.4 is 0 Å². The minimum Gasteiger partial charge on any atom is -0.286 e. The van der Waals surface area contributed by atoms with E-state index in [1.165, 1.54) is 16.7 Å². The third kappa shape index (κ3) is 3.44. The summed E-state index contributed by atoms with van der Waals surface area (Å²) in [5.74, 6) is 0. The molecule has 0 bridgehead atoms. The molecule has 0 aromatic heterocycles. The molecule has 138 valence electrons. The molecule has 3 aromatic carbocycles. The molecule has 0 aliphatic carbocycles. The number of nitrogens with zero attached hydrogens (tertiary/aromatic N) is 1. The summed E-state index contributed by atoms with van der Waals surface area (Å²) >= 11 is 0. The number of likely N-dealkylation sites (tertiary alicyclic amines) is 1. The first-order valence-electron chi connectivity index (χ1n) is 9.92. The van der Waals surface area contributed by atoms with Gasteiger partial charge in [-0.15, -0.1) is 0 Å². The highest BCUT2D eigenvalue weighted by Crippen LogP contribution is 2.48. The average molecular weight is 356 g/mol. The highest BCUT2D eigenvalue weighted by atomic mass is 15.3. The zero-order valence-electron chi connectivity index (χ0n) is 16.6. The molecule has 1 saturated heterocycles. The van der Waals surface area contributed by atoms with Gasteiger partial charge in [-0.05, 0) is 37.0 Å². The number of hydrogen-bond acceptors (Lipinski definition) is 1. The van der Waals surface area contributed by atoms with Crippen LogP contribution in [0.25, 0.3) is 0 Å². The number of hydrogen-bond donors (Lipinski definition) is 0. The predicted molar refractivity (Wildman–Crippen MR) is 114 cm³/mol. The lowest BCUT2D eigenvalue weighted by molar-refractivity contribution is 0.135. The first-order chi connectivity index (χ1) is 13.0. The van der Waals surface area contributed by atoms with Gasteiger partial charge in [0.2, 0.25) is 0 Å². The van der Waals surface area contributed by atoms with Gasteiger partial charge in [-0.2, -0.15) is 0 Å². The van der Waals surface area contributed by atoms with Crippen molar-refractivity contribution in [2.45, 2.75) is 44.2 Å². The third-order valence-corrected chi connectivity index (χ3v) is 6.13. The van der Waals surface area contributed by atoms with Crippen LogP contribution in [0.15, 0.2) is 91.0 Å². The summed E-state index contributed by atoms with van der Waals surface area (Å²) in [6.45, 7) is 8.29. The van der Waals surface area contributed by atoms with Crippen molar-refractivity contribution in [2.24, 2.45) is 0 Å². The van der Waals surface area contributed by atoms with Gasteiger partial charge in [-0.1, -0.05) is 97.9 Å². The van der Waals surface area contributed by atoms with Gasteiger partial charge in [0.15, 0.2) is 0 Å². The maximum atomic E-state index is 2.71. The molecule has 1 aliphatic rings. The minimum atomic E-state index is 0.112. The van der Waals surface area contributed by atoms with Crippen molar-refractivity contribution in [1.29, 1.82) is 0 Å². The smallest absolute Gasteiger partial charge is 0.0606 e. The normalized spacial score (nSPS) is 22.2. The van der Waals surface area contributed by atoms with Gasteiger partial charge < -0.3 is 0 Å². The quantitative estimate of drug-likeness (QED) is 0.537. The number of rotatable bonds is 4. The minimum absolute atomic E-state index is 0.112. The summed E-state index contributed by atoms with van der Waals surface area (Å²) in [4.78, 5) is 2.71. The average Bonchev–Trinajstić information content (AvgIpc) is 2.94. The van der Waals surface area contributed by atoms with E-state index in [0.717, 1.165) is 13.0 Å². The maximum Gasteiger partial charge on any atom is 0.0606 e. The van der Waals surface area contributed by atoms with Crippen molar-refractivity contribution in [3.8, 4) is 0 Å². The van der Waals surface area contributed by atoms with Gasteiger partial charge in [-0.3, -0.25) is 4.90 Å². The van der Waals surface area contributed by atoms with E-state index < -0.39 is 0 Å². The molecule has 1 fully saturated rings. The van der Waals surface area contributed by atoms with Crippen molar-refractivity contribution < 1.29 is 0 Å². The highest BCUT2D eigenvalue weighted by Gasteiger charge is 2.49. The third-order valence-electron chi connectivity index (χ3n) is 6.13. The van der Waals surface area contributed by atoms with E-state index in [4.69, 9.17) is 0 Å². The Hall–Kier alpha value is -2.38. The second-order valence-corrected chi connectivity index (χ2v) is 8.77. The lowest BCUT2D eigenvalue weighted by Crippen LogP contribution is -2.41. The van der Waals surface area contributed by atoms with E-state index in [1.807, 2.05) is 0 Å². The summed E-state index contributed by atoms with van der Waals surface area (Å²) in [5, 5.41) is 0. The molecule has 1 atom stereocenters. The topological polar surface area (TPSA) is 3.24 Å². The standard InChI is InChI=1S/C26H29N/c1-25(2)19-26(3,23-17-11-6-12-18-23)20-27(25)24(21-13-7-4-8-14-21)22-15-9-5-10-16-22/h4-18,24H,19-20H2,1-3H3/t26-/m1/s1. The Morgan fingerprint density at radius 1 is 0.667 bits per heavy atom. The fraction of sp³-hybridized carbons (Fsp3) is 0.308. The molecule has 0 amide bonds. The molecule has 0 unspecified atom stereocenters. The van der Waals surface area contributed by atoms with E-state index >= 15 is 0 Å². The Morgan fingerprint density at radius 2 is 1.11 bits per heavy atom. The largest absolute Gasteiger partial charge is 0.286 e. The second-order valence-electron chi connectivity index (χ2n) is 8.77. The fourth-order valence-corrected chi connectivity index (χ4v) is 5.00. The van der Waals surface area contributed by atoms with E-state index in [-0.39, 0.29) is 17.0 Å². The van der Waals surface area contributed by atoms with Gasteiger partial charge >= 0.3 is 0 Å². The van der Waals surface area contributed by atoms with Gasteiger partial charge in [0.25, 0.3) is 0 Å². The van der Waals surface area contributed by atoms with Crippen LogP contribution in [0.5, 0.6) is 0 Å². The second kappa shape index (κ2) is 6.98. The molecule has 1 heteroatoms. The molecule has 0 radical (unpaired) electrons. The monoisotopic (exact) mass is 355 g/mol. The number of benzene rings is 3. The molecular weight excluding hydrogens is 326 g/mol. The Labute approximate surface area is 163 Å². The van der Waals surface area contributed by atoms with Crippen LogP contribution in [0.4, 0.5) is 0 Å². The summed E-state index contributed by atoms with van der Waals surface area (Å²) in [6.07, 6.45) is 1.15. The lowest BCUT2D eigenvalue weighted by Gasteiger charge is -2.39. The van der Waals surface area contributed by atoms with E-state index in [0.29, 0.717) is 0 Å². The zero-order chi connectivity index (χ0) is 18.9. The maximum absolute atomic E-state index is 2.71. The Balaban J connectivity index is 1.78. The van der Waals surface area contributed by atoms with Crippen molar-refractivity contribution in [3.05, 3.63) is 108 Å². The van der Waals surface area contributed by atoms with Crippen molar-refractivity contribution in [1.82, 2.24) is 4.90 Å². The van der Waals surface area contributed by atoms with Crippen LogP contribution >= 0.6 is 0 Å². The molecule has 27 heavy (non-hydrogen) atoms. The van der Waals surface area contributed by atoms with E-state index in [1.54, 1.807) is 0 Å². The Kier molecular flexibility index (Phi) is 4.65. The first-order valence-corrected chi connectivity index (χ1v) is 9.92. The molecule has 3 aromatic rings. The molecule has 0 N–H and O–H groups in total. The Bertz CT molecular complexity index is 830. The van der Waals surface area contributed by atoms with Crippen LogP contribution in [0, 0.1) is 0 Å². The Morgan fingerprint density at radius 3 is 1.59 bits per heavy atom. The molecule has 0 saturated carbocycles. The first kappa shape index (κ1) is 18.0. The molecule has 0 spiro atoms. The molecule has 1 aliphatic heterocycles. The fourth-order valence-electron chi connectivity index (χ4n) is 5.00. The van der Waals surface area contributed by atoms with Crippen molar-refractivity contribution in [3.63, 3.8) is 0 Å². The van der Waals surface area contributed by atoms with Crippen LogP contribution in [-0.4, -0.2) is 17.0 Å². The van der Waals surface area contributed by atoms with Crippen molar-refractivity contribution in [2.75, 3.05) is 6.54 Å². The van der Waals surface area contributed by atoms with Gasteiger partial charge in [-0.25, -0.2) is 0 Å². The molecular formula is C26H29N. The molecule has 1 heterocycles. The lowest BCUT2D eigenvalue weighted by atomic mass is 9.78.